The molecule has 3 rings (SSSR count). The minimum atomic E-state index is -3.22. The van der Waals surface area contributed by atoms with E-state index in [4.69, 9.17) is 9.47 Å². The van der Waals surface area contributed by atoms with Crippen LogP contribution < -0.4 is 4.74 Å². The molecule has 0 amide bonds. The molecule has 0 aliphatic carbocycles. The molecule has 1 aromatic carbocycles. The molecule has 0 bridgehead atoms. The van der Waals surface area contributed by atoms with Crippen molar-refractivity contribution in [3.8, 4) is 5.75 Å². The lowest BCUT2D eigenvalue weighted by molar-refractivity contribution is 0.0366. The van der Waals surface area contributed by atoms with Crippen LogP contribution in [0.15, 0.2) is 18.2 Å². The van der Waals surface area contributed by atoms with Gasteiger partial charge in [-0.3, -0.25) is 9.80 Å². The zero-order chi connectivity index (χ0) is 20.9. The highest BCUT2D eigenvalue weighted by Crippen LogP contribution is 2.23. The Hall–Kier alpha value is -1.19. The highest BCUT2D eigenvalue weighted by molar-refractivity contribution is 7.88. The molecule has 2 fully saturated rings. The van der Waals surface area contributed by atoms with E-state index < -0.39 is 10.0 Å². The topological polar surface area (TPSA) is 62.3 Å². The number of rotatable bonds is 9. The van der Waals surface area contributed by atoms with Gasteiger partial charge in [-0.15, -0.1) is 0 Å². The van der Waals surface area contributed by atoms with Crippen molar-refractivity contribution in [2.45, 2.75) is 32.4 Å². The summed E-state index contributed by atoms with van der Waals surface area (Å²) in [5, 5.41) is 0. The maximum atomic E-state index is 12.4. The van der Waals surface area contributed by atoms with Crippen LogP contribution in [0.1, 0.15) is 24.0 Å². The van der Waals surface area contributed by atoms with Gasteiger partial charge in [0.1, 0.15) is 5.75 Å². The Morgan fingerprint density at radius 3 is 2.62 bits per heavy atom. The zero-order valence-corrected chi connectivity index (χ0v) is 18.8. The molecule has 0 unspecified atom stereocenters. The lowest BCUT2D eigenvalue weighted by Crippen LogP contribution is -2.43. The van der Waals surface area contributed by atoms with Gasteiger partial charge in [-0.05, 0) is 43.5 Å². The van der Waals surface area contributed by atoms with Crippen LogP contribution >= 0.6 is 0 Å². The number of ether oxygens (including phenoxy) is 2. The van der Waals surface area contributed by atoms with Crippen LogP contribution in [0.2, 0.25) is 0 Å². The van der Waals surface area contributed by atoms with Gasteiger partial charge in [0, 0.05) is 45.3 Å². The number of hydrogen-bond donors (Lipinski definition) is 0. The molecule has 0 spiro atoms. The number of likely N-dealkylation sites (tertiary alicyclic amines) is 1. The molecule has 0 saturated carbocycles. The number of benzene rings is 1. The van der Waals surface area contributed by atoms with Crippen LogP contribution in [0.5, 0.6) is 5.75 Å². The first kappa shape index (κ1) is 22.5. The molecule has 0 N–H and O–H groups in total. The lowest BCUT2D eigenvalue weighted by atomic mass is 10.1. The minimum Gasteiger partial charge on any atom is -0.496 e. The van der Waals surface area contributed by atoms with Crippen LogP contribution in [0.25, 0.3) is 0 Å². The van der Waals surface area contributed by atoms with Gasteiger partial charge in [-0.1, -0.05) is 12.1 Å². The van der Waals surface area contributed by atoms with Crippen LogP contribution in [-0.2, 0) is 21.3 Å². The maximum Gasteiger partial charge on any atom is 0.211 e. The van der Waals surface area contributed by atoms with E-state index in [1.165, 1.54) is 11.8 Å². The molecule has 0 radical (unpaired) electrons. The molecule has 2 aliphatic rings. The van der Waals surface area contributed by atoms with E-state index in [2.05, 4.69) is 28.9 Å². The van der Waals surface area contributed by atoms with E-state index in [0.717, 1.165) is 76.6 Å². The van der Waals surface area contributed by atoms with E-state index in [9.17, 15) is 8.42 Å². The summed E-state index contributed by atoms with van der Waals surface area (Å²) in [6.07, 6.45) is 3.10. The predicted molar refractivity (Wildman–Crippen MR) is 115 cm³/mol. The van der Waals surface area contributed by atoms with Crippen LogP contribution in [-0.4, -0.2) is 94.4 Å². The second-order valence-electron chi connectivity index (χ2n) is 8.16. The quantitative estimate of drug-likeness (QED) is 0.598. The predicted octanol–water partition coefficient (Wildman–Crippen LogP) is 1.56. The van der Waals surface area contributed by atoms with Crippen molar-refractivity contribution in [1.82, 2.24) is 14.1 Å². The van der Waals surface area contributed by atoms with E-state index in [0.29, 0.717) is 6.54 Å². The van der Waals surface area contributed by atoms with Crippen molar-refractivity contribution < 1.29 is 17.9 Å². The average molecular weight is 426 g/mol. The Morgan fingerprint density at radius 1 is 1.21 bits per heavy atom. The van der Waals surface area contributed by atoms with Crippen LogP contribution in [0.3, 0.4) is 0 Å². The smallest absolute Gasteiger partial charge is 0.211 e. The Labute approximate surface area is 175 Å². The summed E-state index contributed by atoms with van der Waals surface area (Å²) in [5.74, 6) is 0.900. The maximum absolute atomic E-state index is 12.4. The lowest BCUT2D eigenvalue weighted by Gasteiger charge is -2.30. The fraction of sp³-hybridized carbons (Fsp3) is 0.714. The van der Waals surface area contributed by atoms with Crippen molar-refractivity contribution in [3.05, 3.63) is 29.3 Å². The summed E-state index contributed by atoms with van der Waals surface area (Å²) in [5.41, 5.74) is 2.36. The van der Waals surface area contributed by atoms with Gasteiger partial charge in [-0.2, -0.15) is 4.31 Å². The van der Waals surface area contributed by atoms with Gasteiger partial charge >= 0.3 is 0 Å². The highest BCUT2D eigenvalue weighted by atomic mass is 32.2. The highest BCUT2D eigenvalue weighted by Gasteiger charge is 2.32. The number of nitrogens with zero attached hydrogens (tertiary/aromatic N) is 3. The SMILES string of the molecule is COc1ccc(CN2CC[C@H](N(CCCN3CCOCC3)S(C)(=O)=O)C2)cc1C. The molecule has 2 saturated heterocycles. The third-order valence-corrected chi connectivity index (χ3v) is 7.24. The third-order valence-electron chi connectivity index (χ3n) is 5.90. The van der Waals surface area contributed by atoms with E-state index in [1.54, 1.807) is 11.4 Å². The second kappa shape index (κ2) is 10.2. The van der Waals surface area contributed by atoms with Gasteiger partial charge < -0.3 is 9.47 Å². The number of methoxy groups -OCH3 is 1. The van der Waals surface area contributed by atoms with Crippen molar-refractivity contribution in [2.75, 3.05) is 65.8 Å². The Morgan fingerprint density at radius 2 is 1.97 bits per heavy atom. The fourth-order valence-electron chi connectivity index (χ4n) is 4.38. The first-order chi connectivity index (χ1) is 13.9. The third kappa shape index (κ3) is 6.39. The van der Waals surface area contributed by atoms with E-state index in [1.807, 2.05) is 6.07 Å². The van der Waals surface area contributed by atoms with E-state index >= 15 is 0 Å². The van der Waals surface area contributed by atoms with Gasteiger partial charge in [0.15, 0.2) is 0 Å². The molecule has 164 valence electrons. The molecular weight excluding hydrogens is 390 g/mol. The Bertz CT molecular complexity index is 765. The number of aryl methyl sites for hydroxylation is 1. The molecule has 29 heavy (non-hydrogen) atoms. The summed E-state index contributed by atoms with van der Waals surface area (Å²) in [6.45, 7) is 9.56. The number of sulfonamides is 1. The summed E-state index contributed by atoms with van der Waals surface area (Å²) in [6, 6.07) is 6.32. The molecule has 8 heteroatoms. The minimum absolute atomic E-state index is 0.0639. The summed E-state index contributed by atoms with van der Waals surface area (Å²) < 4.78 is 37.3. The number of hydrogen-bond acceptors (Lipinski definition) is 6. The van der Waals surface area contributed by atoms with Gasteiger partial charge in [0.2, 0.25) is 10.0 Å². The monoisotopic (exact) mass is 425 g/mol. The number of morpholine rings is 1. The molecular formula is C21H35N3O4S. The molecule has 7 nitrogen and oxygen atoms in total. The Kier molecular flexibility index (Phi) is 7.92. The molecule has 1 aromatic rings. The van der Waals surface area contributed by atoms with Crippen LogP contribution in [0.4, 0.5) is 0 Å². The second-order valence-corrected chi connectivity index (χ2v) is 10.1. The largest absolute Gasteiger partial charge is 0.496 e. The van der Waals surface area contributed by atoms with Gasteiger partial charge in [-0.25, -0.2) is 8.42 Å². The summed E-state index contributed by atoms with van der Waals surface area (Å²) in [7, 11) is -1.53. The van der Waals surface area contributed by atoms with Crippen molar-refractivity contribution in [1.29, 1.82) is 0 Å². The van der Waals surface area contributed by atoms with Gasteiger partial charge in [0.25, 0.3) is 0 Å². The van der Waals surface area contributed by atoms with Crippen molar-refractivity contribution >= 4 is 10.0 Å². The van der Waals surface area contributed by atoms with Crippen molar-refractivity contribution in [2.24, 2.45) is 0 Å². The molecule has 1 atom stereocenters. The first-order valence-corrected chi connectivity index (χ1v) is 12.3. The van der Waals surface area contributed by atoms with Crippen molar-refractivity contribution in [3.63, 3.8) is 0 Å². The van der Waals surface area contributed by atoms with E-state index in [-0.39, 0.29) is 6.04 Å². The fourth-order valence-corrected chi connectivity index (χ4v) is 5.56. The molecule has 2 heterocycles. The Balaban J connectivity index is 1.53. The van der Waals surface area contributed by atoms with Crippen LogP contribution in [0, 0.1) is 6.92 Å². The average Bonchev–Trinajstić information content (AvgIpc) is 3.13. The molecule has 0 aromatic heterocycles. The zero-order valence-electron chi connectivity index (χ0n) is 18.0. The normalized spacial score (nSPS) is 21.7. The molecule has 2 aliphatic heterocycles. The summed E-state index contributed by atoms with van der Waals surface area (Å²) in [4.78, 5) is 4.71. The van der Waals surface area contributed by atoms with Gasteiger partial charge in [0.05, 0.1) is 26.6 Å². The summed E-state index contributed by atoms with van der Waals surface area (Å²) >= 11 is 0. The standard InChI is InChI=1S/C21H35N3O4S/c1-18-15-19(5-6-21(18)27-2)16-23-10-7-20(17-23)24(29(3,25)26)9-4-8-22-11-13-28-14-12-22/h5-6,15,20H,4,7-14,16-17H2,1-3H3/t20-/m0/s1. The first-order valence-electron chi connectivity index (χ1n) is 10.5.